The maximum absolute atomic E-state index is 12.8. The third-order valence-electron chi connectivity index (χ3n) is 9.85. The first-order chi connectivity index (χ1) is 27.3. The summed E-state index contributed by atoms with van der Waals surface area (Å²) < 4.78 is 6.00. The first-order valence-corrected chi connectivity index (χ1v) is 22.5. The van der Waals surface area contributed by atoms with Crippen molar-refractivity contribution in [2.24, 2.45) is 0 Å². The first kappa shape index (κ1) is 52.8. The Kier molecular flexibility index (Phi) is 39.1. The highest BCUT2D eigenvalue weighted by molar-refractivity contribution is 5.87. The lowest BCUT2D eigenvalue weighted by Crippen LogP contribution is -2.47. The van der Waals surface area contributed by atoms with Crippen molar-refractivity contribution in [1.29, 1.82) is 0 Å². The molecule has 0 aromatic rings. The zero-order valence-electron chi connectivity index (χ0n) is 35.6. The second-order valence-corrected chi connectivity index (χ2v) is 15.1. The molecule has 0 bridgehead atoms. The number of carbonyl (C=O) groups excluding carboxylic acids is 3. The number of hydrogen-bond acceptors (Lipinski definition) is 6. The lowest BCUT2D eigenvalue weighted by molar-refractivity contribution is -0.150. The number of carboxylic acid groups (broad SMARTS) is 1. The molecule has 0 aliphatic heterocycles. The van der Waals surface area contributed by atoms with Crippen molar-refractivity contribution in [3.8, 4) is 0 Å². The van der Waals surface area contributed by atoms with E-state index >= 15 is 0 Å². The number of hydrogen-bond donors (Lipinski definition) is 4. The Morgan fingerprint density at radius 3 is 1.52 bits per heavy atom. The summed E-state index contributed by atoms with van der Waals surface area (Å²) in [5.41, 5.74) is 0. The molecule has 0 aromatic heterocycles. The highest BCUT2D eigenvalue weighted by atomic mass is 16.5. The molecule has 9 nitrogen and oxygen atoms in total. The third-order valence-corrected chi connectivity index (χ3v) is 9.85. The lowest BCUT2D eigenvalue weighted by Gasteiger charge is -2.17. The summed E-state index contributed by atoms with van der Waals surface area (Å²) in [7, 11) is 0. The molecule has 0 aliphatic carbocycles. The zero-order chi connectivity index (χ0) is 41.2. The molecule has 322 valence electrons. The van der Waals surface area contributed by atoms with Crippen molar-refractivity contribution in [3.63, 3.8) is 0 Å². The average molecular weight is 787 g/mol. The molecule has 2 atom stereocenters. The standard InChI is InChI=1S/C47H82N2O7/c1-3-5-7-9-11-13-15-17-18-20-22-24-26-31-35-39-46(53)56-42(36-32-28-25-23-21-19-16-14-12-10-8-6-4-2)37-33-29-27-30-34-38-44(51)48-40-45(52)49-43(41-50)47(54)55/h6,8,12,14,19,21,25,28,42-43,50H,3-5,7,9-11,13,15-18,20,22-24,26-27,29-41H2,1-2H3,(H,48,51)(H,49,52)(H,54,55)/b8-6-,14-12-,21-19-,28-25-. The summed E-state index contributed by atoms with van der Waals surface area (Å²) in [5.74, 6) is -2.35. The third kappa shape index (κ3) is 37.7. The van der Waals surface area contributed by atoms with E-state index in [0.717, 1.165) is 83.5 Å². The van der Waals surface area contributed by atoms with Gasteiger partial charge in [-0.3, -0.25) is 14.4 Å². The van der Waals surface area contributed by atoms with E-state index in [2.05, 4.69) is 73.1 Å². The Balaban J connectivity index is 4.40. The van der Waals surface area contributed by atoms with Gasteiger partial charge in [-0.05, 0) is 64.2 Å². The van der Waals surface area contributed by atoms with Crippen LogP contribution in [0.5, 0.6) is 0 Å². The maximum Gasteiger partial charge on any atom is 0.328 e. The lowest BCUT2D eigenvalue weighted by atomic mass is 10.0. The Hall–Kier alpha value is -3.20. The van der Waals surface area contributed by atoms with E-state index in [1.54, 1.807) is 0 Å². The molecule has 0 fully saturated rings. The number of esters is 1. The van der Waals surface area contributed by atoms with Crippen LogP contribution in [0.15, 0.2) is 48.6 Å². The van der Waals surface area contributed by atoms with Crippen LogP contribution in [0.1, 0.15) is 200 Å². The minimum absolute atomic E-state index is 0.0793. The van der Waals surface area contributed by atoms with Gasteiger partial charge in [-0.2, -0.15) is 0 Å². The van der Waals surface area contributed by atoms with Gasteiger partial charge in [0.05, 0.1) is 13.2 Å². The molecular formula is C47H82N2O7. The predicted molar refractivity (Wildman–Crippen MR) is 231 cm³/mol. The fraction of sp³-hybridized carbons (Fsp3) is 0.745. The Bertz CT molecular complexity index is 1080. The van der Waals surface area contributed by atoms with Gasteiger partial charge < -0.3 is 25.6 Å². The number of amides is 2. The van der Waals surface area contributed by atoms with E-state index in [0.29, 0.717) is 12.8 Å². The molecule has 0 rings (SSSR count). The predicted octanol–water partition coefficient (Wildman–Crippen LogP) is 11.2. The summed E-state index contributed by atoms with van der Waals surface area (Å²) >= 11 is 0. The van der Waals surface area contributed by atoms with Crippen LogP contribution in [0.25, 0.3) is 0 Å². The van der Waals surface area contributed by atoms with Crippen molar-refractivity contribution in [3.05, 3.63) is 48.6 Å². The summed E-state index contributed by atoms with van der Waals surface area (Å²) in [5, 5.41) is 22.6. The fourth-order valence-corrected chi connectivity index (χ4v) is 6.41. The van der Waals surface area contributed by atoms with Crippen LogP contribution in [0.4, 0.5) is 0 Å². The number of aliphatic carboxylic acids is 1. The smallest absolute Gasteiger partial charge is 0.328 e. The Morgan fingerprint density at radius 1 is 0.554 bits per heavy atom. The molecule has 4 N–H and O–H groups in total. The van der Waals surface area contributed by atoms with Gasteiger partial charge in [-0.1, -0.05) is 172 Å². The van der Waals surface area contributed by atoms with Crippen molar-refractivity contribution in [2.45, 2.75) is 212 Å². The van der Waals surface area contributed by atoms with Crippen molar-refractivity contribution in [2.75, 3.05) is 13.2 Å². The van der Waals surface area contributed by atoms with Gasteiger partial charge in [0, 0.05) is 12.8 Å². The first-order valence-electron chi connectivity index (χ1n) is 22.5. The van der Waals surface area contributed by atoms with Gasteiger partial charge in [-0.25, -0.2) is 4.79 Å². The number of carbonyl (C=O) groups is 4. The van der Waals surface area contributed by atoms with Gasteiger partial charge in [-0.15, -0.1) is 0 Å². The molecule has 2 unspecified atom stereocenters. The van der Waals surface area contributed by atoms with Crippen molar-refractivity contribution >= 4 is 23.8 Å². The van der Waals surface area contributed by atoms with Gasteiger partial charge in [0.15, 0.2) is 0 Å². The van der Waals surface area contributed by atoms with E-state index in [1.807, 2.05) is 0 Å². The van der Waals surface area contributed by atoms with Crippen LogP contribution in [-0.2, 0) is 23.9 Å². The number of ether oxygens (including phenoxy) is 1. The molecule has 0 aliphatic rings. The number of aliphatic hydroxyl groups is 1. The van der Waals surface area contributed by atoms with E-state index in [9.17, 15) is 19.2 Å². The van der Waals surface area contributed by atoms with Crippen LogP contribution in [0.3, 0.4) is 0 Å². The number of rotatable bonds is 40. The van der Waals surface area contributed by atoms with Crippen LogP contribution < -0.4 is 10.6 Å². The summed E-state index contributed by atoms with van der Waals surface area (Å²) in [6, 6.07) is -1.39. The Morgan fingerprint density at radius 2 is 1.02 bits per heavy atom. The second-order valence-electron chi connectivity index (χ2n) is 15.1. The number of carboxylic acids is 1. The summed E-state index contributed by atoms with van der Waals surface area (Å²) in [6.07, 6.45) is 48.6. The fourth-order valence-electron chi connectivity index (χ4n) is 6.41. The van der Waals surface area contributed by atoms with Crippen molar-refractivity contribution < 1.29 is 34.1 Å². The maximum atomic E-state index is 12.8. The monoisotopic (exact) mass is 787 g/mol. The molecule has 0 radical (unpaired) electrons. The number of aliphatic hydroxyl groups excluding tert-OH is 1. The molecule has 0 saturated carbocycles. The van der Waals surface area contributed by atoms with Crippen LogP contribution in [-0.4, -0.2) is 59.3 Å². The minimum Gasteiger partial charge on any atom is -0.480 e. The summed E-state index contributed by atoms with van der Waals surface area (Å²) in [4.78, 5) is 47.6. The summed E-state index contributed by atoms with van der Waals surface area (Å²) in [6.45, 7) is 3.36. The van der Waals surface area contributed by atoms with Crippen LogP contribution >= 0.6 is 0 Å². The van der Waals surface area contributed by atoms with Crippen LogP contribution in [0, 0.1) is 0 Å². The molecule has 2 amide bonds. The SMILES string of the molecule is CC/C=C\C/C=C\C/C=C\C/C=C\CCC(CCCCCCCC(=O)NCC(=O)NC(CO)C(=O)O)OC(=O)CCCCCCCCCCCCCCCCC. The van der Waals surface area contributed by atoms with Crippen LogP contribution in [0.2, 0.25) is 0 Å². The van der Waals surface area contributed by atoms with E-state index < -0.39 is 24.5 Å². The highest BCUT2D eigenvalue weighted by Crippen LogP contribution is 2.18. The number of unbranched alkanes of at least 4 members (excludes halogenated alkanes) is 18. The quantitative estimate of drug-likeness (QED) is 0.0275. The average Bonchev–Trinajstić information content (AvgIpc) is 3.18. The normalized spacial score (nSPS) is 12.9. The molecule has 56 heavy (non-hydrogen) atoms. The topological polar surface area (TPSA) is 142 Å². The van der Waals surface area contributed by atoms with Gasteiger partial charge in [0.25, 0.3) is 0 Å². The van der Waals surface area contributed by atoms with E-state index in [-0.39, 0.29) is 30.9 Å². The minimum atomic E-state index is -1.39. The molecule has 0 heterocycles. The molecular weight excluding hydrogens is 705 g/mol. The van der Waals surface area contributed by atoms with Crippen molar-refractivity contribution in [1.82, 2.24) is 10.6 Å². The highest BCUT2D eigenvalue weighted by Gasteiger charge is 2.19. The van der Waals surface area contributed by atoms with Gasteiger partial charge >= 0.3 is 11.9 Å². The van der Waals surface area contributed by atoms with Gasteiger partial charge in [0.1, 0.15) is 12.1 Å². The number of nitrogens with one attached hydrogen (secondary N) is 2. The molecule has 0 saturated heterocycles. The van der Waals surface area contributed by atoms with E-state index in [4.69, 9.17) is 14.9 Å². The largest absolute Gasteiger partial charge is 0.480 e. The Labute approximate surface area is 341 Å². The second kappa shape index (κ2) is 41.4. The molecule has 0 spiro atoms. The van der Waals surface area contributed by atoms with E-state index in [1.165, 1.54) is 83.5 Å². The molecule has 0 aromatic carbocycles. The zero-order valence-corrected chi connectivity index (χ0v) is 35.6. The number of allylic oxidation sites excluding steroid dienone is 8. The van der Waals surface area contributed by atoms with Gasteiger partial charge in [0.2, 0.25) is 11.8 Å². The molecule has 9 heteroatoms.